The van der Waals surface area contributed by atoms with Crippen LogP contribution in [0.25, 0.3) is 0 Å². The Bertz CT molecular complexity index is 493. The number of phenols is 1. The third-order valence-electron chi connectivity index (χ3n) is 4.40. The summed E-state index contributed by atoms with van der Waals surface area (Å²) in [5, 5.41) is 13.0. The molecule has 1 aliphatic heterocycles. The van der Waals surface area contributed by atoms with E-state index < -0.39 is 0 Å². The van der Waals surface area contributed by atoms with Gasteiger partial charge < -0.3 is 15.3 Å². The number of aromatic hydroxyl groups is 1. The molecule has 1 amide bonds. The Hall–Kier alpha value is -1.55. The van der Waals surface area contributed by atoms with Crippen LogP contribution in [-0.4, -0.2) is 35.0 Å². The Balaban J connectivity index is 1.63. The number of rotatable bonds is 6. The summed E-state index contributed by atoms with van der Waals surface area (Å²) < 4.78 is 0. The molecule has 1 aromatic rings. The van der Waals surface area contributed by atoms with Crippen LogP contribution >= 0.6 is 0 Å². The van der Waals surface area contributed by atoms with Crippen molar-refractivity contribution < 1.29 is 9.90 Å². The minimum absolute atomic E-state index is 0.240. The van der Waals surface area contributed by atoms with E-state index in [-0.39, 0.29) is 11.7 Å². The normalized spacial score (nSPS) is 21.4. The number of nitrogens with one attached hydrogen (secondary N) is 1. The number of phenolic OH excluding ortho intramolecular Hbond substituents is 1. The number of carbonyl (C=O) groups is 1. The first kappa shape index (κ1) is 14.4. The van der Waals surface area contributed by atoms with E-state index in [1.54, 1.807) is 12.1 Å². The zero-order valence-corrected chi connectivity index (χ0v) is 12.4. The monoisotopic (exact) mass is 288 g/mol. The lowest BCUT2D eigenvalue weighted by Crippen LogP contribution is -2.36. The molecule has 1 unspecified atom stereocenters. The van der Waals surface area contributed by atoms with E-state index in [4.69, 9.17) is 0 Å². The molecule has 1 saturated heterocycles. The third kappa shape index (κ3) is 4.21. The van der Waals surface area contributed by atoms with Crippen molar-refractivity contribution >= 4 is 5.91 Å². The zero-order chi connectivity index (χ0) is 14.7. The second kappa shape index (κ2) is 6.48. The molecule has 3 rings (SSSR count). The molecule has 4 nitrogen and oxygen atoms in total. The lowest BCUT2D eigenvalue weighted by molar-refractivity contribution is -0.132. The van der Waals surface area contributed by atoms with E-state index in [9.17, 15) is 9.90 Å². The molecule has 2 aliphatic rings. The van der Waals surface area contributed by atoms with Crippen LogP contribution < -0.4 is 5.32 Å². The Labute approximate surface area is 126 Å². The maximum Gasteiger partial charge on any atom is 0.224 e. The zero-order valence-electron chi connectivity index (χ0n) is 12.4. The molecule has 0 radical (unpaired) electrons. The Morgan fingerprint density at radius 3 is 2.86 bits per heavy atom. The van der Waals surface area contributed by atoms with Gasteiger partial charge in [0.05, 0.1) is 0 Å². The van der Waals surface area contributed by atoms with Crippen LogP contribution in [0.5, 0.6) is 5.75 Å². The number of nitrogens with zero attached hydrogens (tertiary/aromatic N) is 1. The highest BCUT2D eigenvalue weighted by atomic mass is 16.3. The summed E-state index contributed by atoms with van der Waals surface area (Å²) in [6, 6.07) is 7.58. The van der Waals surface area contributed by atoms with E-state index in [1.807, 2.05) is 17.0 Å². The number of carbonyl (C=O) groups excluding carboxylic acids is 1. The first-order valence-electron chi connectivity index (χ1n) is 8.00. The van der Waals surface area contributed by atoms with Crippen LogP contribution in [0, 0.1) is 5.92 Å². The van der Waals surface area contributed by atoms with Gasteiger partial charge in [0.1, 0.15) is 5.75 Å². The van der Waals surface area contributed by atoms with Crippen molar-refractivity contribution in [3.63, 3.8) is 0 Å². The summed E-state index contributed by atoms with van der Waals surface area (Å²) in [5.41, 5.74) is 1.00. The van der Waals surface area contributed by atoms with Crippen molar-refractivity contribution in [1.29, 1.82) is 0 Å². The molecular weight excluding hydrogens is 264 g/mol. The van der Waals surface area contributed by atoms with Crippen LogP contribution in [0.1, 0.15) is 37.7 Å². The fraction of sp³-hybridized carbons (Fsp3) is 0.588. The van der Waals surface area contributed by atoms with Crippen LogP contribution in [0.2, 0.25) is 0 Å². The smallest absolute Gasteiger partial charge is 0.224 e. The summed E-state index contributed by atoms with van der Waals surface area (Å²) in [4.78, 5) is 14.6. The molecule has 2 N–H and O–H groups in total. The highest BCUT2D eigenvalue weighted by Gasteiger charge is 2.28. The lowest BCUT2D eigenvalue weighted by Gasteiger charge is -2.24. The van der Waals surface area contributed by atoms with E-state index >= 15 is 0 Å². The molecule has 2 fully saturated rings. The predicted octanol–water partition coefficient (Wildman–Crippen LogP) is 2.27. The quantitative estimate of drug-likeness (QED) is 0.844. The Kier molecular flexibility index (Phi) is 4.44. The van der Waals surface area contributed by atoms with Gasteiger partial charge in [-0.15, -0.1) is 0 Å². The number of amides is 1. The molecule has 0 bridgehead atoms. The molecule has 1 saturated carbocycles. The van der Waals surface area contributed by atoms with Crippen molar-refractivity contribution in [3.05, 3.63) is 29.8 Å². The Morgan fingerprint density at radius 1 is 1.33 bits per heavy atom. The standard InChI is InChI=1S/C17H24N2O2/c20-16-5-1-3-14(9-16)12-19(11-13-6-7-13)17(21)10-15-4-2-8-18-15/h1,3,5,9,13,15,18,20H,2,4,6-8,10-12H2. The summed E-state index contributed by atoms with van der Waals surface area (Å²) in [6.45, 7) is 2.50. The van der Waals surface area contributed by atoms with Crippen LogP contribution in [-0.2, 0) is 11.3 Å². The van der Waals surface area contributed by atoms with Crippen LogP contribution in [0.15, 0.2) is 24.3 Å². The fourth-order valence-electron chi connectivity index (χ4n) is 3.01. The van der Waals surface area contributed by atoms with Gasteiger partial charge in [0.25, 0.3) is 0 Å². The number of hydrogen-bond acceptors (Lipinski definition) is 3. The van der Waals surface area contributed by atoms with Crippen molar-refractivity contribution in [2.75, 3.05) is 13.1 Å². The van der Waals surface area contributed by atoms with Crippen molar-refractivity contribution in [2.24, 2.45) is 5.92 Å². The van der Waals surface area contributed by atoms with Crippen molar-refractivity contribution in [1.82, 2.24) is 10.2 Å². The lowest BCUT2D eigenvalue weighted by atomic mass is 10.1. The van der Waals surface area contributed by atoms with E-state index in [0.717, 1.165) is 25.1 Å². The van der Waals surface area contributed by atoms with E-state index in [2.05, 4.69) is 5.32 Å². The van der Waals surface area contributed by atoms with Gasteiger partial charge >= 0.3 is 0 Å². The number of benzene rings is 1. The third-order valence-corrected chi connectivity index (χ3v) is 4.40. The maximum absolute atomic E-state index is 12.6. The number of hydrogen-bond donors (Lipinski definition) is 2. The highest BCUT2D eigenvalue weighted by molar-refractivity contribution is 5.77. The van der Waals surface area contributed by atoms with Crippen LogP contribution in [0.4, 0.5) is 0 Å². The summed E-state index contributed by atoms with van der Waals surface area (Å²) in [7, 11) is 0. The summed E-state index contributed by atoms with van der Waals surface area (Å²) >= 11 is 0. The van der Waals surface area contributed by atoms with Crippen molar-refractivity contribution in [3.8, 4) is 5.75 Å². The van der Waals surface area contributed by atoms with Gasteiger partial charge in [-0.2, -0.15) is 0 Å². The SMILES string of the molecule is O=C(CC1CCCN1)N(Cc1cccc(O)c1)CC1CC1. The van der Waals surface area contributed by atoms with Gasteiger partial charge in [0.2, 0.25) is 5.91 Å². The average molecular weight is 288 g/mol. The molecule has 1 heterocycles. The minimum Gasteiger partial charge on any atom is -0.508 e. The van der Waals surface area contributed by atoms with Gasteiger partial charge in [-0.3, -0.25) is 4.79 Å². The van der Waals surface area contributed by atoms with E-state index in [1.165, 1.54) is 19.3 Å². The van der Waals surface area contributed by atoms with Crippen molar-refractivity contribution in [2.45, 2.75) is 44.7 Å². The van der Waals surface area contributed by atoms with Gasteiger partial charge in [0, 0.05) is 25.6 Å². The molecule has 0 aromatic heterocycles. The maximum atomic E-state index is 12.6. The summed E-state index contributed by atoms with van der Waals surface area (Å²) in [5.74, 6) is 1.19. The first-order chi connectivity index (χ1) is 10.2. The topological polar surface area (TPSA) is 52.6 Å². The average Bonchev–Trinajstić information content (AvgIpc) is 3.13. The second-order valence-corrected chi connectivity index (χ2v) is 6.38. The predicted molar refractivity (Wildman–Crippen MR) is 81.9 cm³/mol. The molecule has 0 spiro atoms. The fourth-order valence-corrected chi connectivity index (χ4v) is 3.01. The second-order valence-electron chi connectivity index (χ2n) is 6.38. The van der Waals surface area contributed by atoms with Gasteiger partial charge in [-0.1, -0.05) is 12.1 Å². The highest BCUT2D eigenvalue weighted by Crippen LogP contribution is 2.30. The van der Waals surface area contributed by atoms with E-state index in [0.29, 0.717) is 24.9 Å². The first-order valence-corrected chi connectivity index (χ1v) is 8.00. The Morgan fingerprint density at radius 2 is 2.19 bits per heavy atom. The largest absolute Gasteiger partial charge is 0.508 e. The molecule has 1 atom stereocenters. The van der Waals surface area contributed by atoms with Gasteiger partial charge in [0.15, 0.2) is 0 Å². The summed E-state index contributed by atoms with van der Waals surface area (Å²) in [6.07, 6.45) is 5.37. The molecular formula is C17H24N2O2. The van der Waals surface area contributed by atoms with Gasteiger partial charge in [-0.25, -0.2) is 0 Å². The molecule has 1 aliphatic carbocycles. The molecule has 1 aromatic carbocycles. The minimum atomic E-state index is 0.240. The van der Waals surface area contributed by atoms with Crippen LogP contribution in [0.3, 0.4) is 0 Å². The molecule has 4 heteroatoms. The molecule has 21 heavy (non-hydrogen) atoms. The molecule has 114 valence electrons. The van der Waals surface area contributed by atoms with Gasteiger partial charge in [-0.05, 0) is 55.8 Å².